The van der Waals surface area contributed by atoms with Crippen molar-refractivity contribution in [3.8, 4) is 0 Å². The Morgan fingerprint density at radius 3 is 2.76 bits per heavy atom. The Kier molecular flexibility index (Phi) is 4.62. The van der Waals surface area contributed by atoms with E-state index in [-0.39, 0.29) is 6.04 Å². The fraction of sp³-hybridized carbons (Fsp3) is 0.846. The summed E-state index contributed by atoms with van der Waals surface area (Å²) in [7, 11) is -2.79. The average Bonchev–Trinajstić information content (AvgIpc) is 2.20. The van der Waals surface area contributed by atoms with Crippen molar-refractivity contribution < 1.29 is 8.42 Å². The molecule has 98 valence electrons. The van der Waals surface area contributed by atoms with Gasteiger partial charge in [-0.25, -0.2) is 8.42 Å². The molecule has 2 aliphatic rings. The topological polar surface area (TPSA) is 46.2 Å². The predicted molar refractivity (Wildman–Crippen MR) is 70.8 cm³/mol. The lowest BCUT2D eigenvalue weighted by atomic mass is 10.0. The van der Waals surface area contributed by atoms with E-state index in [1.807, 2.05) is 0 Å². The van der Waals surface area contributed by atoms with Crippen LogP contribution in [0.4, 0.5) is 0 Å². The predicted octanol–water partition coefficient (Wildman–Crippen LogP) is 2.04. The van der Waals surface area contributed by atoms with E-state index < -0.39 is 9.84 Å². The molecule has 0 aromatic heterocycles. The van der Waals surface area contributed by atoms with Crippen molar-refractivity contribution in [3.05, 3.63) is 12.2 Å². The third-order valence-corrected chi connectivity index (χ3v) is 5.49. The van der Waals surface area contributed by atoms with Crippen LogP contribution in [0.3, 0.4) is 0 Å². The summed E-state index contributed by atoms with van der Waals surface area (Å²) < 4.78 is 23.1. The largest absolute Gasteiger partial charge is 0.307 e. The van der Waals surface area contributed by atoms with Crippen LogP contribution in [0, 0.1) is 0 Å². The molecule has 0 bridgehead atoms. The highest BCUT2D eigenvalue weighted by Crippen LogP contribution is 2.16. The van der Waals surface area contributed by atoms with Crippen LogP contribution < -0.4 is 5.32 Å². The molecule has 0 spiro atoms. The minimum Gasteiger partial charge on any atom is -0.307 e. The maximum Gasteiger partial charge on any atom is 0.151 e. The molecule has 1 heterocycles. The number of allylic oxidation sites excluding steroid dienone is 1. The summed E-state index contributed by atoms with van der Waals surface area (Å²) in [5.74, 6) is 0.711. The Hall–Kier alpha value is -0.350. The third-order valence-electron chi connectivity index (χ3n) is 3.67. The lowest BCUT2D eigenvalue weighted by Crippen LogP contribution is -2.44. The zero-order valence-corrected chi connectivity index (χ0v) is 11.2. The molecule has 1 fully saturated rings. The van der Waals surface area contributed by atoms with Crippen molar-refractivity contribution in [3.63, 3.8) is 0 Å². The SMILES string of the molecule is O=S1(=O)CCCC(NC2/C=C/CCCCC2)C1. The third kappa shape index (κ3) is 4.43. The Morgan fingerprint density at radius 1 is 1.06 bits per heavy atom. The Balaban J connectivity index is 1.88. The number of rotatable bonds is 2. The van der Waals surface area contributed by atoms with Gasteiger partial charge in [-0.15, -0.1) is 0 Å². The van der Waals surface area contributed by atoms with Gasteiger partial charge in [-0.05, 0) is 32.1 Å². The monoisotopic (exact) mass is 257 g/mol. The van der Waals surface area contributed by atoms with Crippen LogP contribution in [0.2, 0.25) is 0 Å². The number of hydrogen-bond acceptors (Lipinski definition) is 3. The van der Waals surface area contributed by atoms with E-state index in [1.165, 1.54) is 25.7 Å². The van der Waals surface area contributed by atoms with E-state index in [2.05, 4.69) is 17.5 Å². The standard InChI is InChI=1S/C13H23NO2S/c15-17(16)10-6-9-13(11-17)14-12-7-4-2-1-3-5-8-12/h4,7,12-14H,1-3,5-6,8-11H2/b7-4+. The van der Waals surface area contributed by atoms with Crippen LogP contribution in [0.25, 0.3) is 0 Å². The zero-order chi connectivity index (χ0) is 12.1. The molecule has 1 saturated heterocycles. The first-order chi connectivity index (χ1) is 8.16. The van der Waals surface area contributed by atoms with Crippen LogP contribution in [0.1, 0.15) is 44.9 Å². The molecule has 3 nitrogen and oxygen atoms in total. The molecule has 2 unspecified atom stereocenters. The fourth-order valence-electron chi connectivity index (χ4n) is 2.76. The quantitative estimate of drug-likeness (QED) is 0.770. The first-order valence-electron chi connectivity index (χ1n) is 6.79. The van der Waals surface area contributed by atoms with Gasteiger partial charge in [0.1, 0.15) is 0 Å². The summed E-state index contributed by atoms with van der Waals surface area (Å²) in [5, 5.41) is 3.52. The van der Waals surface area contributed by atoms with Gasteiger partial charge in [0.15, 0.2) is 9.84 Å². The van der Waals surface area contributed by atoms with Crippen LogP contribution in [0.5, 0.6) is 0 Å². The van der Waals surface area contributed by atoms with Gasteiger partial charge in [0.2, 0.25) is 0 Å². The van der Waals surface area contributed by atoms with E-state index in [1.54, 1.807) is 0 Å². The molecule has 0 saturated carbocycles. The van der Waals surface area contributed by atoms with E-state index in [9.17, 15) is 8.42 Å². The van der Waals surface area contributed by atoms with Crippen LogP contribution in [0.15, 0.2) is 12.2 Å². The minimum atomic E-state index is -2.79. The molecular weight excluding hydrogens is 234 g/mol. The Labute approximate surface area is 105 Å². The van der Waals surface area contributed by atoms with Crippen molar-refractivity contribution in [1.82, 2.24) is 5.32 Å². The summed E-state index contributed by atoms with van der Waals surface area (Å²) in [6.45, 7) is 0. The van der Waals surface area contributed by atoms with Crippen LogP contribution in [-0.2, 0) is 9.84 Å². The Bertz CT molecular complexity index is 362. The molecule has 4 heteroatoms. The fourth-order valence-corrected chi connectivity index (χ4v) is 4.40. The van der Waals surface area contributed by atoms with Gasteiger partial charge in [-0.1, -0.05) is 25.0 Å². The van der Waals surface area contributed by atoms with Gasteiger partial charge >= 0.3 is 0 Å². The van der Waals surface area contributed by atoms with Gasteiger partial charge in [-0.3, -0.25) is 0 Å². The number of sulfone groups is 1. The maximum absolute atomic E-state index is 11.6. The summed E-state index contributed by atoms with van der Waals surface area (Å²) in [5.41, 5.74) is 0. The second-order valence-electron chi connectivity index (χ2n) is 5.29. The van der Waals surface area contributed by atoms with Crippen LogP contribution >= 0.6 is 0 Å². The summed E-state index contributed by atoms with van der Waals surface area (Å²) in [6.07, 6.45) is 12.5. The lowest BCUT2D eigenvalue weighted by molar-refractivity contribution is 0.423. The molecule has 0 radical (unpaired) electrons. The second kappa shape index (κ2) is 6.01. The molecule has 1 aliphatic heterocycles. The summed E-state index contributed by atoms with van der Waals surface area (Å²) >= 11 is 0. The first-order valence-corrected chi connectivity index (χ1v) is 8.61. The van der Waals surface area contributed by atoms with Gasteiger partial charge in [0.25, 0.3) is 0 Å². The first kappa shape index (κ1) is 13.1. The van der Waals surface area contributed by atoms with Crippen molar-refractivity contribution in [2.24, 2.45) is 0 Å². The molecule has 2 atom stereocenters. The zero-order valence-electron chi connectivity index (χ0n) is 10.4. The number of hydrogen-bond donors (Lipinski definition) is 1. The highest BCUT2D eigenvalue weighted by molar-refractivity contribution is 7.91. The smallest absolute Gasteiger partial charge is 0.151 e. The molecule has 0 aromatic carbocycles. The average molecular weight is 257 g/mol. The van der Waals surface area contributed by atoms with Crippen molar-refractivity contribution in [1.29, 1.82) is 0 Å². The molecular formula is C13H23NO2S. The minimum absolute atomic E-state index is 0.169. The van der Waals surface area contributed by atoms with Gasteiger partial charge in [-0.2, -0.15) is 0 Å². The molecule has 1 N–H and O–H groups in total. The summed E-state index contributed by atoms with van der Waals surface area (Å²) in [4.78, 5) is 0. The van der Waals surface area contributed by atoms with E-state index in [0.717, 1.165) is 19.3 Å². The van der Waals surface area contributed by atoms with Crippen molar-refractivity contribution >= 4 is 9.84 Å². The normalized spacial score (nSPS) is 35.8. The maximum atomic E-state index is 11.6. The lowest BCUT2D eigenvalue weighted by Gasteiger charge is -2.27. The van der Waals surface area contributed by atoms with E-state index in [0.29, 0.717) is 17.5 Å². The van der Waals surface area contributed by atoms with Gasteiger partial charge < -0.3 is 5.32 Å². The van der Waals surface area contributed by atoms with E-state index >= 15 is 0 Å². The highest BCUT2D eigenvalue weighted by Gasteiger charge is 2.25. The molecule has 1 aliphatic carbocycles. The van der Waals surface area contributed by atoms with E-state index in [4.69, 9.17) is 0 Å². The molecule has 17 heavy (non-hydrogen) atoms. The van der Waals surface area contributed by atoms with Crippen molar-refractivity contribution in [2.45, 2.75) is 57.0 Å². The number of nitrogens with one attached hydrogen (secondary N) is 1. The van der Waals surface area contributed by atoms with Gasteiger partial charge in [0, 0.05) is 12.1 Å². The molecule has 2 rings (SSSR count). The Morgan fingerprint density at radius 2 is 1.94 bits per heavy atom. The second-order valence-corrected chi connectivity index (χ2v) is 7.52. The highest BCUT2D eigenvalue weighted by atomic mass is 32.2. The molecule has 0 amide bonds. The molecule has 0 aromatic rings. The van der Waals surface area contributed by atoms with Gasteiger partial charge in [0.05, 0.1) is 11.5 Å². The summed E-state index contributed by atoms with van der Waals surface area (Å²) in [6, 6.07) is 0.552. The van der Waals surface area contributed by atoms with Crippen molar-refractivity contribution in [2.75, 3.05) is 11.5 Å². The van der Waals surface area contributed by atoms with Crippen LogP contribution in [-0.4, -0.2) is 32.0 Å².